The van der Waals surface area contributed by atoms with Crippen molar-refractivity contribution in [3.63, 3.8) is 0 Å². The molecule has 0 spiro atoms. The second-order valence-electron chi connectivity index (χ2n) is 8.53. The normalized spacial score (nSPS) is 16.5. The van der Waals surface area contributed by atoms with E-state index in [0.29, 0.717) is 17.3 Å². The molecule has 12 heteroatoms. The van der Waals surface area contributed by atoms with Gasteiger partial charge >= 0.3 is 0 Å². The molecule has 0 bridgehead atoms. The highest BCUT2D eigenvalue weighted by atomic mass is 32.2. The van der Waals surface area contributed by atoms with Crippen molar-refractivity contribution < 1.29 is 4.79 Å². The Morgan fingerprint density at radius 1 is 1.16 bits per heavy atom. The Labute approximate surface area is 233 Å². The Bertz CT molecular complexity index is 1890. The van der Waals surface area contributed by atoms with Crippen LogP contribution in [0.3, 0.4) is 0 Å². The number of nitrogens with one attached hydrogen (secondary N) is 1. The highest BCUT2D eigenvalue weighted by molar-refractivity contribution is 8.00. The summed E-state index contributed by atoms with van der Waals surface area (Å²) >= 11 is 6.16. The third-order valence-electron chi connectivity index (χ3n) is 6.33. The van der Waals surface area contributed by atoms with E-state index in [9.17, 15) is 4.79 Å². The first-order valence-electron chi connectivity index (χ1n) is 11.5. The zero-order valence-corrected chi connectivity index (χ0v) is 22.5. The maximum Gasteiger partial charge on any atom is 0.243 e. The Morgan fingerprint density at radius 2 is 2.13 bits per heavy atom. The summed E-state index contributed by atoms with van der Waals surface area (Å²) in [5.74, 6) is 0.845. The van der Waals surface area contributed by atoms with Gasteiger partial charge in [-0.3, -0.25) is 14.0 Å². The second kappa shape index (κ2) is 8.67. The number of hydrogen-bond acceptors (Lipinski definition) is 11. The summed E-state index contributed by atoms with van der Waals surface area (Å²) in [7, 11) is 0. The fraction of sp³-hybridized carbons (Fsp3) is 0.0385. The molecule has 5 aromatic rings. The van der Waals surface area contributed by atoms with Crippen LogP contribution >= 0.6 is 46.6 Å². The number of hydrogen-bond donors (Lipinski definition) is 1. The van der Waals surface area contributed by atoms with Crippen LogP contribution in [0.2, 0.25) is 0 Å². The molecule has 3 aliphatic heterocycles. The van der Waals surface area contributed by atoms with Gasteiger partial charge < -0.3 is 4.72 Å². The van der Waals surface area contributed by atoms with Gasteiger partial charge in [0.1, 0.15) is 15.4 Å². The zero-order valence-electron chi connectivity index (χ0n) is 19.3. The van der Waals surface area contributed by atoms with E-state index in [4.69, 9.17) is 4.98 Å². The fourth-order valence-corrected chi connectivity index (χ4v) is 7.66. The Kier molecular flexibility index (Phi) is 5.08. The molecule has 8 nitrogen and oxygen atoms in total. The summed E-state index contributed by atoms with van der Waals surface area (Å²) in [4.78, 5) is 35.4. The van der Waals surface area contributed by atoms with Gasteiger partial charge in [0.25, 0.3) is 0 Å². The Hall–Kier alpha value is -3.71. The number of amides is 1. The number of thiazole rings is 2. The van der Waals surface area contributed by atoms with Gasteiger partial charge in [0, 0.05) is 23.5 Å². The van der Waals surface area contributed by atoms with E-state index in [1.807, 2.05) is 18.5 Å². The third-order valence-corrected chi connectivity index (χ3v) is 9.92. The number of pyridine rings is 2. The first-order chi connectivity index (χ1) is 18.7. The van der Waals surface area contributed by atoms with Crippen LogP contribution < -0.4 is 9.62 Å². The number of anilines is 2. The number of carbonyl (C=O) groups is 1. The van der Waals surface area contributed by atoms with Crippen LogP contribution in [0.25, 0.3) is 37.3 Å². The highest BCUT2D eigenvalue weighted by Gasteiger charge is 2.31. The molecule has 0 unspecified atom stereocenters. The summed E-state index contributed by atoms with van der Waals surface area (Å²) in [5.41, 5.74) is 8.03. The smallest absolute Gasteiger partial charge is 0.243 e. The molecule has 183 valence electrons. The van der Waals surface area contributed by atoms with Gasteiger partial charge in [-0.05, 0) is 42.0 Å². The van der Waals surface area contributed by atoms with E-state index in [-0.39, 0.29) is 5.91 Å². The Balaban J connectivity index is 1.29. The summed E-state index contributed by atoms with van der Waals surface area (Å²) < 4.78 is 6.33. The van der Waals surface area contributed by atoms with Crippen molar-refractivity contribution in [2.24, 2.45) is 0 Å². The molecule has 1 amide bonds. The van der Waals surface area contributed by atoms with Gasteiger partial charge in [0.05, 0.1) is 62.3 Å². The zero-order chi connectivity index (χ0) is 25.2. The van der Waals surface area contributed by atoms with Crippen molar-refractivity contribution in [1.82, 2.24) is 29.0 Å². The molecule has 0 atom stereocenters. The lowest BCUT2D eigenvalue weighted by molar-refractivity contribution is -0.115. The third kappa shape index (κ3) is 3.48. The van der Waals surface area contributed by atoms with E-state index in [1.54, 1.807) is 34.0 Å². The number of aromatic nitrogens is 4. The number of thioether (sulfide) groups is 1. The largest absolute Gasteiger partial charge is 0.316 e. The molecule has 0 saturated carbocycles. The average Bonchev–Trinajstić information content (AvgIpc) is 3.71. The fourth-order valence-electron chi connectivity index (χ4n) is 4.62. The van der Waals surface area contributed by atoms with Crippen LogP contribution in [0.15, 0.2) is 77.2 Å². The number of allylic oxidation sites excluding steroid dienone is 3. The standard InChI is InChI=1S/C26H14N7OS4/c34-21-12-35-20-2-1-6-27-24(20)33(21)18-11-28-26-23(29-13-36-26)22(18)14-3-4-19-17(9-14)31-25(37-19)15-5-7-32-16(8-15)10-30-38-32/h1-5,7-11,13,30H,12H2. The van der Waals surface area contributed by atoms with Crippen molar-refractivity contribution in [3.05, 3.63) is 83.5 Å². The first kappa shape index (κ1) is 22.3. The molecule has 0 fully saturated rings. The minimum absolute atomic E-state index is 0.0526. The minimum atomic E-state index is -0.0526. The molecule has 1 aromatic carbocycles. The van der Waals surface area contributed by atoms with Crippen LogP contribution in [0.1, 0.15) is 5.01 Å². The molecule has 38 heavy (non-hydrogen) atoms. The van der Waals surface area contributed by atoms with E-state index < -0.39 is 0 Å². The lowest BCUT2D eigenvalue weighted by Gasteiger charge is -2.29. The van der Waals surface area contributed by atoms with Crippen molar-refractivity contribution >= 4 is 90.1 Å². The van der Waals surface area contributed by atoms with Gasteiger partial charge in [-0.1, -0.05) is 6.07 Å². The van der Waals surface area contributed by atoms with Gasteiger partial charge in [0.2, 0.25) is 5.91 Å². The van der Waals surface area contributed by atoms with Gasteiger partial charge in [-0.15, -0.1) is 34.4 Å². The van der Waals surface area contributed by atoms with E-state index >= 15 is 0 Å². The maximum atomic E-state index is 13.3. The number of rotatable bonds is 3. The first-order valence-corrected chi connectivity index (χ1v) is 15.0. The van der Waals surface area contributed by atoms with Gasteiger partial charge in [-0.25, -0.2) is 19.9 Å². The number of nitrogens with zero attached hydrogens (tertiary/aromatic N) is 6. The average molecular weight is 569 g/mol. The summed E-state index contributed by atoms with van der Waals surface area (Å²) in [5, 5.41) is 0.955. The Morgan fingerprint density at radius 3 is 3.11 bits per heavy atom. The maximum absolute atomic E-state index is 13.3. The monoisotopic (exact) mass is 568 g/mol. The van der Waals surface area contributed by atoms with Crippen molar-refractivity contribution in [2.45, 2.75) is 4.90 Å². The van der Waals surface area contributed by atoms with E-state index in [1.165, 1.54) is 35.2 Å². The van der Waals surface area contributed by atoms with Crippen LogP contribution in [0.5, 0.6) is 0 Å². The van der Waals surface area contributed by atoms with Crippen molar-refractivity contribution in [3.8, 4) is 11.1 Å². The van der Waals surface area contributed by atoms with Crippen LogP contribution in [-0.4, -0.2) is 35.9 Å². The van der Waals surface area contributed by atoms with Gasteiger partial charge in [0.15, 0.2) is 5.82 Å². The lowest BCUT2D eigenvalue weighted by atomic mass is 10.0. The number of benzene rings is 1. The molecule has 8 rings (SSSR count). The number of carbonyl (C=O) groups excluding carboxylic acids is 1. The summed E-state index contributed by atoms with van der Waals surface area (Å²) in [6, 6.07) is 9.95. The second-order valence-corrected chi connectivity index (χ2v) is 12.2. The summed E-state index contributed by atoms with van der Waals surface area (Å²) in [6.07, 6.45) is 12.9. The molecule has 7 heterocycles. The summed E-state index contributed by atoms with van der Waals surface area (Å²) in [6.45, 7) is 0. The van der Waals surface area contributed by atoms with Crippen LogP contribution in [0.4, 0.5) is 11.5 Å². The highest BCUT2D eigenvalue weighted by Crippen LogP contribution is 2.45. The SMILES string of the molecule is O=C1CSc2cc[c]nc2N1c1cnc2scnc2c1-c1ccc2sc(C3=CC4=CNSN4C=C3)nc2c1. The predicted octanol–water partition coefficient (Wildman–Crippen LogP) is 6.15. The van der Waals surface area contributed by atoms with Crippen LogP contribution in [-0.2, 0) is 4.79 Å². The van der Waals surface area contributed by atoms with Gasteiger partial charge in [-0.2, -0.15) is 0 Å². The molecular formula is C26H14N7OS4. The molecule has 0 aliphatic carbocycles. The lowest BCUT2D eigenvalue weighted by Crippen LogP contribution is -2.32. The molecule has 0 saturated heterocycles. The molecule has 3 aliphatic rings. The van der Waals surface area contributed by atoms with E-state index in [2.05, 4.69) is 60.5 Å². The van der Waals surface area contributed by atoms with Crippen molar-refractivity contribution in [2.75, 3.05) is 10.7 Å². The van der Waals surface area contributed by atoms with Crippen LogP contribution in [0, 0.1) is 6.20 Å². The predicted molar refractivity (Wildman–Crippen MR) is 155 cm³/mol. The topological polar surface area (TPSA) is 87.1 Å². The van der Waals surface area contributed by atoms with Crippen molar-refractivity contribution in [1.29, 1.82) is 0 Å². The van der Waals surface area contributed by atoms with E-state index in [0.717, 1.165) is 52.9 Å². The molecule has 1 N–H and O–H groups in total. The molecule has 1 radical (unpaired) electrons. The number of fused-ring (bicyclic) bond motifs is 4. The molecular weight excluding hydrogens is 555 g/mol. The molecule has 4 aromatic heterocycles. The quantitative estimate of drug-likeness (QED) is 0.257. The minimum Gasteiger partial charge on any atom is -0.316 e.